The second-order valence-corrected chi connectivity index (χ2v) is 6.84. The van der Waals surface area contributed by atoms with Crippen molar-refractivity contribution < 1.29 is 4.79 Å². The highest BCUT2D eigenvalue weighted by molar-refractivity contribution is 7.09. The maximum atomic E-state index is 12.3. The van der Waals surface area contributed by atoms with E-state index >= 15 is 0 Å². The number of halogens is 1. The molecule has 1 aliphatic rings. The number of carbonyl (C=O) groups is 1. The molecule has 1 aromatic heterocycles. The molecule has 0 aliphatic heterocycles. The van der Waals surface area contributed by atoms with Crippen molar-refractivity contribution in [2.24, 2.45) is 5.92 Å². The van der Waals surface area contributed by atoms with Crippen LogP contribution in [0.1, 0.15) is 49.7 Å². The van der Waals surface area contributed by atoms with Gasteiger partial charge in [-0.25, -0.2) is 4.98 Å². The van der Waals surface area contributed by atoms with Gasteiger partial charge in [-0.05, 0) is 31.6 Å². The van der Waals surface area contributed by atoms with Crippen molar-refractivity contribution in [3.05, 3.63) is 16.1 Å². The number of amides is 1. The van der Waals surface area contributed by atoms with Crippen LogP contribution < -0.4 is 0 Å². The Morgan fingerprint density at radius 3 is 2.70 bits per heavy atom. The summed E-state index contributed by atoms with van der Waals surface area (Å²) in [4.78, 5) is 18.6. The molecule has 0 bridgehead atoms. The molecule has 1 aromatic rings. The lowest BCUT2D eigenvalue weighted by Crippen LogP contribution is -2.40. The quantitative estimate of drug-likeness (QED) is 0.773. The van der Waals surface area contributed by atoms with Gasteiger partial charge in [-0.15, -0.1) is 22.9 Å². The van der Waals surface area contributed by atoms with E-state index in [1.807, 2.05) is 17.3 Å². The predicted octanol–water partition coefficient (Wildman–Crippen LogP) is 3.85. The van der Waals surface area contributed by atoms with Gasteiger partial charge in [0.25, 0.3) is 0 Å². The van der Waals surface area contributed by atoms with E-state index in [1.165, 1.54) is 30.6 Å². The normalized spacial score (nSPS) is 22.8. The van der Waals surface area contributed by atoms with Crippen LogP contribution in [-0.4, -0.2) is 28.9 Å². The maximum Gasteiger partial charge on any atom is 0.229 e. The SMILES string of the molecule is CCC1CCC(N(C)C(=O)Cc2nc(CCl)cs2)CC1. The first kappa shape index (κ1) is 15.8. The van der Waals surface area contributed by atoms with Crippen molar-refractivity contribution in [1.82, 2.24) is 9.88 Å². The molecular weight excluding hydrogens is 292 g/mol. The summed E-state index contributed by atoms with van der Waals surface area (Å²) >= 11 is 7.26. The second-order valence-electron chi connectivity index (χ2n) is 5.63. The number of rotatable bonds is 5. The Labute approximate surface area is 130 Å². The maximum absolute atomic E-state index is 12.3. The zero-order chi connectivity index (χ0) is 14.5. The number of carbonyl (C=O) groups excluding carboxylic acids is 1. The van der Waals surface area contributed by atoms with Crippen LogP contribution in [0.5, 0.6) is 0 Å². The molecule has 3 nitrogen and oxygen atoms in total. The molecular formula is C15H23ClN2OS. The van der Waals surface area contributed by atoms with Gasteiger partial charge in [0, 0.05) is 18.5 Å². The van der Waals surface area contributed by atoms with Crippen molar-refractivity contribution in [2.75, 3.05) is 7.05 Å². The molecule has 1 fully saturated rings. The molecule has 5 heteroatoms. The minimum Gasteiger partial charge on any atom is -0.342 e. The van der Waals surface area contributed by atoms with Gasteiger partial charge in [-0.1, -0.05) is 13.3 Å². The average molecular weight is 315 g/mol. The van der Waals surface area contributed by atoms with Crippen LogP contribution in [0.15, 0.2) is 5.38 Å². The van der Waals surface area contributed by atoms with Gasteiger partial charge in [0.1, 0.15) is 5.01 Å². The first-order chi connectivity index (χ1) is 9.63. The van der Waals surface area contributed by atoms with Crippen LogP contribution >= 0.6 is 22.9 Å². The molecule has 20 heavy (non-hydrogen) atoms. The van der Waals surface area contributed by atoms with Gasteiger partial charge in [0.15, 0.2) is 0 Å². The summed E-state index contributed by atoms with van der Waals surface area (Å²) in [5.41, 5.74) is 0.866. The third kappa shape index (κ3) is 3.95. The molecule has 2 rings (SSSR count). The van der Waals surface area contributed by atoms with Crippen LogP contribution in [0, 0.1) is 5.92 Å². The predicted molar refractivity (Wildman–Crippen MR) is 84.2 cm³/mol. The molecule has 1 amide bonds. The summed E-state index contributed by atoms with van der Waals surface area (Å²) < 4.78 is 0. The van der Waals surface area contributed by atoms with Gasteiger partial charge in [0.2, 0.25) is 5.91 Å². The fraction of sp³-hybridized carbons (Fsp3) is 0.733. The third-order valence-electron chi connectivity index (χ3n) is 4.37. The van der Waals surface area contributed by atoms with E-state index in [2.05, 4.69) is 11.9 Å². The largest absolute Gasteiger partial charge is 0.342 e. The van der Waals surface area contributed by atoms with Gasteiger partial charge in [0.05, 0.1) is 18.0 Å². The minimum atomic E-state index is 0.181. The van der Waals surface area contributed by atoms with Gasteiger partial charge in [-0.2, -0.15) is 0 Å². The monoisotopic (exact) mass is 314 g/mol. The van der Waals surface area contributed by atoms with Crippen LogP contribution in [0.4, 0.5) is 0 Å². The molecule has 0 aromatic carbocycles. The van der Waals surface area contributed by atoms with E-state index in [1.54, 1.807) is 0 Å². The Bertz CT molecular complexity index is 441. The summed E-state index contributed by atoms with van der Waals surface area (Å²) in [7, 11) is 1.94. The number of nitrogens with zero attached hydrogens (tertiary/aromatic N) is 2. The number of alkyl halides is 1. The van der Waals surface area contributed by atoms with Crippen molar-refractivity contribution >= 4 is 28.8 Å². The first-order valence-electron chi connectivity index (χ1n) is 7.39. The molecule has 112 valence electrons. The Morgan fingerprint density at radius 2 is 2.15 bits per heavy atom. The third-order valence-corrected chi connectivity index (χ3v) is 5.54. The molecule has 1 aliphatic carbocycles. The molecule has 0 atom stereocenters. The van der Waals surface area contributed by atoms with Crippen molar-refractivity contribution in [1.29, 1.82) is 0 Å². The fourth-order valence-electron chi connectivity index (χ4n) is 2.89. The van der Waals surface area contributed by atoms with Crippen LogP contribution in [0.25, 0.3) is 0 Å². The number of hydrogen-bond donors (Lipinski definition) is 0. The zero-order valence-corrected chi connectivity index (χ0v) is 13.8. The second kappa shape index (κ2) is 7.41. The topological polar surface area (TPSA) is 33.2 Å². The van der Waals surface area contributed by atoms with Crippen LogP contribution in [-0.2, 0) is 17.1 Å². The summed E-state index contributed by atoms with van der Waals surface area (Å²) in [6, 6.07) is 0.415. The van der Waals surface area contributed by atoms with Gasteiger partial charge in [-0.3, -0.25) is 4.79 Å². The summed E-state index contributed by atoms with van der Waals surface area (Å²) in [6.45, 7) is 2.26. The lowest BCUT2D eigenvalue weighted by atomic mass is 9.84. The molecule has 1 heterocycles. The number of likely N-dealkylation sites (N-methyl/N-ethyl adjacent to an activating group) is 1. The first-order valence-corrected chi connectivity index (χ1v) is 8.80. The Hall–Kier alpha value is -0.610. The molecule has 0 radical (unpaired) electrons. The average Bonchev–Trinajstić information content (AvgIpc) is 2.94. The highest BCUT2D eigenvalue weighted by Gasteiger charge is 2.26. The highest BCUT2D eigenvalue weighted by Crippen LogP contribution is 2.29. The molecule has 0 unspecified atom stereocenters. The fourth-order valence-corrected chi connectivity index (χ4v) is 3.90. The van der Waals surface area contributed by atoms with Crippen LogP contribution in [0.2, 0.25) is 0 Å². The molecule has 0 N–H and O–H groups in total. The molecule has 1 saturated carbocycles. The molecule has 0 saturated heterocycles. The Balaban J connectivity index is 1.85. The van der Waals surface area contributed by atoms with Gasteiger partial charge < -0.3 is 4.90 Å². The van der Waals surface area contributed by atoms with E-state index in [-0.39, 0.29) is 5.91 Å². The smallest absolute Gasteiger partial charge is 0.229 e. The number of thiazole rings is 1. The number of aromatic nitrogens is 1. The van der Waals surface area contributed by atoms with E-state index in [9.17, 15) is 4.79 Å². The van der Waals surface area contributed by atoms with Crippen molar-refractivity contribution in [2.45, 2.75) is 57.4 Å². The zero-order valence-electron chi connectivity index (χ0n) is 12.3. The summed E-state index contributed by atoms with van der Waals surface area (Å²) in [5, 5.41) is 2.81. The van der Waals surface area contributed by atoms with Crippen LogP contribution in [0.3, 0.4) is 0 Å². The standard InChI is InChI=1S/C15H23ClN2OS/c1-3-11-4-6-13(7-5-11)18(2)15(19)8-14-17-12(9-16)10-20-14/h10-11,13H,3-9H2,1-2H3. The van der Waals surface area contributed by atoms with E-state index < -0.39 is 0 Å². The van der Waals surface area contributed by atoms with Crippen molar-refractivity contribution in [3.8, 4) is 0 Å². The summed E-state index contributed by atoms with van der Waals surface area (Å²) in [5.74, 6) is 1.46. The highest BCUT2D eigenvalue weighted by atomic mass is 35.5. The Kier molecular flexibility index (Phi) is 5.85. The van der Waals surface area contributed by atoms with Crippen molar-refractivity contribution in [3.63, 3.8) is 0 Å². The Morgan fingerprint density at radius 1 is 1.45 bits per heavy atom. The van der Waals surface area contributed by atoms with Gasteiger partial charge >= 0.3 is 0 Å². The summed E-state index contributed by atoms with van der Waals surface area (Å²) in [6.07, 6.45) is 6.48. The minimum absolute atomic E-state index is 0.181. The molecule has 0 spiro atoms. The van der Waals surface area contributed by atoms with E-state index in [0.717, 1.165) is 29.5 Å². The lowest BCUT2D eigenvalue weighted by Gasteiger charge is -2.34. The van der Waals surface area contributed by atoms with E-state index in [4.69, 9.17) is 11.6 Å². The lowest BCUT2D eigenvalue weighted by molar-refractivity contribution is -0.132. The number of hydrogen-bond acceptors (Lipinski definition) is 3. The van der Waals surface area contributed by atoms with E-state index in [0.29, 0.717) is 18.3 Å².